The van der Waals surface area contributed by atoms with Gasteiger partial charge >= 0.3 is 0 Å². The number of carbonyl (C=O) groups excluding carboxylic acids is 1. The van der Waals surface area contributed by atoms with Gasteiger partial charge in [0.1, 0.15) is 5.75 Å². The third-order valence-electron chi connectivity index (χ3n) is 5.07. The first kappa shape index (κ1) is 20.5. The van der Waals surface area contributed by atoms with Crippen molar-refractivity contribution in [2.24, 2.45) is 4.99 Å². The molecule has 0 unspecified atom stereocenters. The summed E-state index contributed by atoms with van der Waals surface area (Å²) in [7, 11) is 1.75. The van der Waals surface area contributed by atoms with Crippen LogP contribution in [0, 0.1) is 0 Å². The summed E-state index contributed by atoms with van der Waals surface area (Å²) >= 11 is 0. The fourth-order valence-electron chi connectivity index (χ4n) is 3.49. The molecule has 0 radical (unpaired) electrons. The minimum Gasteiger partial charge on any atom is -0.493 e. The van der Waals surface area contributed by atoms with E-state index in [1.165, 1.54) is 17.4 Å². The van der Waals surface area contributed by atoms with Gasteiger partial charge in [0.2, 0.25) is 0 Å². The number of anilines is 1. The maximum atomic E-state index is 12.1. The number of fused-ring (bicyclic) bond motifs is 1. The number of nitrogens with one attached hydrogen (secondary N) is 3. The number of hydrogen-bond donors (Lipinski definition) is 3. The minimum atomic E-state index is -0.272. The Labute approximate surface area is 181 Å². The highest BCUT2D eigenvalue weighted by Gasteiger charge is 2.12. The lowest BCUT2D eigenvalue weighted by Crippen LogP contribution is -2.37. The summed E-state index contributed by atoms with van der Waals surface area (Å²) in [4.78, 5) is 16.4. The Morgan fingerprint density at radius 1 is 1.06 bits per heavy atom. The van der Waals surface area contributed by atoms with Crippen LogP contribution in [0.15, 0.2) is 70.3 Å². The van der Waals surface area contributed by atoms with Gasteiger partial charge in [0.05, 0.1) is 12.9 Å². The van der Waals surface area contributed by atoms with Crippen LogP contribution >= 0.6 is 0 Å². The maximum Gasteiger partial charge on any atom is 0.291 e. The maximum absolute atomic E-state index is 12.1. The predicted octanol–water partition coefficient (Wildman–Crippen LogP) is 3.37. The van der Waals surface area contributed by atoms with Crippen LogP contribution in [0.5, 0.6) is 5.75 Å². The number of guanidine groups is 1. The van der Waals surface area contributed by atoms with Gasteiger partial charge in [-0.1, -0.05) is 24.3 Å². The SMILES string of the molecule is CN=C(NCCc1ccc2c(c1)CCO2)NCc1cccc(NC(=O)c2ccco2)c1. The summed E-state index contributed by atoms with van der Waals surface area (Å²) in [6.45, 7) is 2.14. The molecule has 0 spiro atoms. The Morgan fingerprint density at radius 2 is 2.00 bits per heavy atom. The Morgan fingerprint density at radius 3 is 2.84 bits per heavy atom. The number of nitrogens with zero attached hydrogens (tertiary/aromatic N) is 1. The Hall–Kier alpha value is -3.74. The topological polar surface area (TPSA) is 87.9 Å². The van der Waals surface area contributed by atoms with Crippen molar-refractivity contribution in [2.75, 3.05) is 25.5 Å². The smallest absolute Gasteiger partial charge is 0.291 e. The number of amides is 1. The molecule has 1 aliphatic heterocycles. The second-order valence-corrected chi connectivity index (χ2v) is 7.27. The first-order valence-electron chi connectivity index (χ1n) is 10.3. The van der Waals surface area contributed by atoms with Crippen LogP contribution in [0.25, 0.3) is 0 Å². The highest BCUT2D eigenvalue weighted by Crippen LogP contribution is 2.25. The average molecular weight is 418 g/mol. The highest BCUT2D eigenvalue weighted by molar-refractivity contribution is 6.02. The summed E-state index contributed by atoms with van der Waals surface area (Å²) in [6, 6.07) is 17.4. The molecule has 160 valence electrons. The Kier molecular flexibility index (Phi) is 6.52. The molecule has 1 amide bonds. The van der Waals surface area contributed by atoms with Gasteiger partial charge in [0.25, 0.3) is 5.91 Å². The third-order valence-corrected chi connectivity index (χ3v) is 5.07. The molecule has 1 aromatic heterocycles. The molecule has 3 N–H and O–H groups in total. The van der Waals surface area contributed by atoms with E-state index in [0.717, 1.165) is 43.3 Å². The summed E-state index contributed by atoms with van der Waals surface area (Å²) in [5.74, 6) is 1.75. The summed E-state index contributed by atoms with van der Waals surface area (Å²) < 4.78 is 10.7. The number of carbonyl (C=O) groups is 1. The Balaban J connectivity index is 1.25. The van der Waals surface area contributed by atoms with E-state index in [2.05, 4.69) is 39.1 Å². The summed E-state index contributed by atoms with van der Waals surface area (Å²) in [5, 5.41) is 9.50. The van der Waals surface area contributed by atoms with Gasteiger partial charge in [-0.05, 0) is 53.4 Å². The largest absolute Gasteiger partial charge is 0.493 e. The van der Waals surface area contributed by atoms with Crippen LogP contribution in [-0.2, 0) is 19.4 Å². The van der Waals surface area contributed by atoms with Gasteiger partial charge in [-0.25, -0.2) is 0 Å². The number of rotatable bonds is 7. The van der Waals surface area contributed by atoms with E-state index >= 15 is 0 Å². The predicted molar refractivity (Wildman–Crippen MR) is 121 cm³/mol. The van der Waals surface area contributed by atoms with Crippen molar-refractivity contribution < 1.29 is 13.9 Å². The van der Waals surface area contributed by atoms with Gasteiger partial charge in [-0.3, -0.25) is 9.79 Å². The number of ether oxygens (including phenoxy) is 1. The van der Waals surface area contributed by atoms with Crippen LogP contribution in [-0.4, -0.2) is 32.1 Å². The molecule has 1 aliphatic rings. The molecule has 4 rings (SSSR count). The van der Waals surface area contributed by atoms with Gasteiger partial charge in [-0.15, -0.1) is 0 Å². The van der Waals surface area contributed by atoms with E-state index in [0.29, 0.717) is 12.2 Å². The van der Waals surface area contributed by atoms with E-state index in [1.54, 1.807) is 19.2 Å². The number of benzene rings is 2. The van der Waals surface area contributed by atoms with Gasteiger partial charge in [0.15, 0.2) is 11.7 Å². The zero-order valence-corrected chi connectivity index (χ0v) is 17.5. The van der Waals surface area contributed by atoms with Crippen LogP contribution in [0.2, 0.25) is 0 Å². The zero-order chi connectivity index (χ0) is 21.5. The molecule has 0 bridgehead atoms. The monoisotopic (exact) mass is 418 g/mol. The lowest BCUT2D eigenvalue weighted by Gasteiger charge is -2.13. The molecule has 3 aromatic rings. The van der Waals surface area contributed by atoms with Gasteiger partial charge < -0.3 is 25.1 Å². The lowest BCUT2D eigenvalue weighted by molar-refractivity contribution is 0.0996. The molecule has 2 heterocycles. The van der Waals surface area contributed by atoms with Crippen molar-refractivity contribution in [3.8, 4) is 5.75 Å². The number of furan rings is 1. The fraction of sp³-hybridized carbons (Fsp3) is 0.250. The van der Waals surface area contributed by atoms with Crippen LogP contribution < -0.4 is 20.7 Å². The summed E-state index contributed by atoms with van der Waals surface area (Å²) in [5.41, 5.74) is 4.31. The molecule has 0 saturated carbocycles. The average Bonchev–Trinajstić information content (AvgIpc) is 3.48. The first-order valence-corrected chi connectivity index (χ1v) is 10.3. The van der Waals surface area contributed by atoms with Gasteiger partial charge in [-0.2, -0.15) is 0 Å². The van der Waals surface area contributed by atoms with Crippen molar-refractivity contribution in [3.05, 3.63) is 83.3 Å². The molecule has 0 saturated heterocycles. The van der Waals surface area contributed by atoms with Gasteiger partial charge in [0, 0.05) is 32.2 Å². The Bertz CT molecular complexity index is 1060. The third kappa shape index (κ3) is 5.45. The van der Waals surface area contributed by atoms with E-state index < -0.39 is 0 Å². The van der Waals surface area contributed by atoms with Crippen molar-refractivity contribution in [1.82, 2.24) is 10.6 Å². The fourth-order valence-corrected chi connectivity index (χ4v) is 3.49. The molecule has 0 aliphatic carbocycles. The zero-order valence-electron chi connectivity index (χ0n) is 17.5. The molecule has 7 heteroatoms. The summed E-state index contributed by atoms with van der Waals surface area (Å²) in [6.07, 6.45) is 3.37. The van der Waals surface area contributed by atoms with E-state index in [-0.39, 0.29) is 11.7 Å². The standard InChI is InChI=1S/C24H26N4O3/c1-25-24(26-11-9-17-7-8-21-19(14-17)10-13-31-21)27-16-18-4-2-5-20(15-18)28-23(29)22-6-3-12-30-22/h2-8,12,14-15H,9-11,13,16H2,1H3,(H,28,29)(H2,25,26,27). The van der Waals surface area contributed by atoms with Crippen molar-refractivity contribution in [2.45, 2.75) is 19.4 Å². The lowest BCUT2D eigenvalue weighted by atomic mass is 10.1. The normalized spacial score (nSPS) is 12.7. The minimum absolute atomic E-state index is 0.272. The second kappa shape index (κ2) is 9.84. The van der Waals surface area contributed by atoms with Crippen molar-refractivity contribution >= 4 is 17.6 Å². The quantitative estimate of drug-likeness (QED) is 0.404. The molecule has 0 fully saturated rings. The highest BCUT2D eigenvalue weighted by atomic mass is 16.5. The molecule has 2 aromatic carbocycles. The van der Waals surface area contributed by atoms with Crippen LogP contribution in [0.4, 0.5) is 5.69 Å². The van der Waals surface area contributed by atoms with Crippen molar-refractivity contribution in [1.29, 1.82) is 0 Å². The number of hydrogen-bond acceptors (Lipinski definition) is 4. The molecule has 0 atom stereocenters. The van der Waals surface area contributed by atoms with Crippen molar-refractivity contribution in [3.63, 3.8) is 0 Å². The molecule has 31 heavy (non-hydrogen) atoms. The molecule has 7 nitrogen and oxygen atoms in total. The van der Waals surface area contributed by atoms with E-state index in [9.17, 15) is 4.79 Å². The molecular weight excluding hydrogens is 392 g/mol. The van der Waals surface area contributed by atoms with Crippen LogP contribution in [0.1, 0.15) is 27.2 Å². The first-order chi connectivity index (χ1) is 15.2. The van der Waals surface area contributed by atoms with Crippen LogP contribution in [0.3, 0.4) is 0 Å². The second-order valence-electron chi connectivity index (χ2n) is 7.27. The molecular formula is C24H26N4O3. The van der Waals surface area contributed by atoms with E-state index in [4.69, 9.17) is 9.15 Å². The van der Waals surface area contributed by atoms with E-state index in [1.807, 2.05) is 24.3 Å². The number of aliphatic imine (C=N–C) groups is 1.